The van der Waals surface area contributed by atoms with Crippen LogP contribution in [0.3, 0.4) is 0 Å². The lowest BCUT2D eigenvalue weighted by Gasteiger charge is -2.27. The van der Waals surface area contributed by atoms with Crippen LogP contribution in [-0.4, -0.2) is 22.5 Å². The molecule has 0 saturated heterocycles. The number of nitrogens with zero attached hydrogens (tertiary/aromatic N) is 1. The number of hydrogen-bond acceptors (Lipinski definition) is 3. The second-order valence-electron chi connectivity index (χ2n) is 5.71. The monoisotopic (exact) mass is 290 g/mol. The molecule has 21 heavy (non-hydrogen) atoms. The highest BCUT2D eigenvalue weighted by Gasteiger charge is 2.41. The number of aromatic nitrogens is 1. The summed E-state index contributed by atoms with van der Waals surface area (Å²) in [6.07, 6.45) is 4.76. The summed E-state index contributed by atoms with van der Waals surface area (Å²) in [5.41, 5.74) is 6.39. The standard InChI is InChI=1S/C15H22N4O2/c1-10-5-6-12(9-17-10)11(2)18-14(21)19-15(13(16)20)7-3-4-8-15/h5-6,9,11H,3-4,7-8H2,1-2H3,(H2,16,20)(H2,18,19,21)/t11-/m0/s1. The van der Waals surface area contributed by atoms with E-state index in [4.69, 9.17) is 5.73 Å². The van der Waals surface area contributed by atoms with Crippen molar-refractivity contribution < 1.29 is 9.59 Å². The summed E-state index contributed by atoms with van der Waals surface area (Å²) < 4.78 is 0. The number of rotatable bonds is 4. The molecule has 1 fully saturated rings. The van der Waals surface area contributed by atoms with Gasteiger partial charge in [-0.3, -0.25) is 9.78 Å². The van der Waals surface area contributed by atoms with Gasteiger partial charge in [0.05, 0.1) is 6.04 Å². The number of nitrogens with one attached hydrogen (secondary N) is 2. The Kier molecular flexibility index (Phi) is 4.45. The summed E-state index contributed by atoms with van der Waals surface area (Å²) in [6.45, 7) is 3.78. The van der Waals surface area contributed by atoms with Gasteiger partial charge < -0.3 is 16.4 Å². The molecule has 0 spiro atoms. The third kappa shape index (κ3) is 3.51. The van der Waals surface area contributed by atoms with Gasteiger partial charge in [0.25, 0.3) is 0 Å². The van der Waals surface area contributed by atoms with Gasteiger partial charge in [-0.1, -0.05) is 18.9 Å². The Bertz CT molecular complexity index is 521. The first kappa shape index (κ1) is 15.3. The fourth-order valence-electron chi connectivity index (χ4n) is 2.68. The smallest absolute Gasteiger partial charge is 0.316 e. The van der Waals surface area contributed by atoms with Crippen molar-refractivity contribution in [2.75, 3.05) is 0 Å². The molecule has 1 aliphatic carbocycles. The SMILES string of the molecule is Cc1ccc([C@H](C)NC(=O)NC2(C(N)=O)CCCC2)cn1. The average molecular weight is 290 g/mol. The lowest BCUT2D eigenvalue weighted by molar-refractivity contribution is -0.123. The molecule has 3 amide bonds. The molecule has 0 aliphatic heterocycles. The first-order valence-electron chi connectivity index (χ1n) is 7.24. The van der Waals surface area contributed by atoms with Crippen LogP contribution in [0.25, 0.3) is 0 Å². The minimum atomic E-state index is -0.894. The minimum Gasteiger partial charge on any atom is -0.368 e. The van der Waals surface area contributed by atoms with Crippen LogP contribution in [0.4, 0.5) is 4.79 Å². The second-order valence-corrected chi connectivity index (χ2v) is 5.71. The Morgan fingerprint density at radius 2 is 2.00 bits per heavy atom. The molecule has 0 bridgehead atoms. The first-order chi connectivity index (χ1) is 9.93. The number of urea groups is 1. The van der Waals surface area contributed by atoms with E-state index in [1.165, 1.54) is 0 Å². The zero-order chi connectivity index (χ0) is 15.5. The molecule has 1 atom stereocenters. The van der Waals surface area contributed by atoms with Gasteiger partial charge in [-0.05, 0) is 38.3 Å². The fraction of sp³-hybridized carbons (Fsp3) is 0.533. The topological polar surface area (TPSA) is 97.1 Å². The van der Waals surface area contributed by atoms with Crippen molar-refractivity contribution in [2.24, 2.45) is 5.73 Å². The summed E-state index contributed by atoms with van der Waals surface area (Å²) in [5, 5.41) is 5.58. The van der Waals surface area contributed by atoms with Gasteiger partial charge in [0.15, 0.2) is 0 Å². The van der Waals surface area contributed by atoms with Gasteiger partial charge in [0.2, 0.25) is 5.91 Å². The highest BCUT2D eigenvalue weighted by Crippen LogP contribution is 2.29. The summed E-state index contributed by atoms with van der Waals surface area (Å²) in [4.78, 5) is 27.9. The summed E-state index contributed by atoms with van der Waals surface area (Å²) in [7, 11) is 0. The summed E-state index contributed by atoms with van der Waals surface area (Å²) in [6, 6.07) is 3.26. The van der Waals surface area contributed by atoms with Crippen molar-refractivity contribution in [3.8, 4) is 0 Å². The van der Waals surface area contributed by atoms with E-state index in [-0.39, 0.29) is 12.1 Å². The second kappa shape index (κ2) is 6.11. The Morgan fingerprint density at radius 1 is 1.33 bits per heavy atom. The molecular formula is C15H22N4O2. The van der Waals surface area contributed by atoms with Gasteiger partial charge in [0.1, 0.15) is 5.54 Å². The average Bonchev–Trinajstić information content (AvgIpc) is 2.89. The summed E-state index contributed by atoms with van der Waals surface area (Å²) >= 11 is 0. The number of carbonyl (C=O) groups is 2. The largest absolute Gasteiger partial charge is 0.368 e. The van der Waals surface area contributed by atoms with Crippen LogP contribution in [0.15, 0.2) is 18.3 Å². The van der Waals surface area contributed by atoms with E-state index in [9.17, 15) is 9.59 Å². The Balaban J connectivity index is 1.97. The van der Waals surface area contributed by atoms with Crippen LogP contribution in [0, 0.1) is 6.92 Å². The van der Waals surface area contributed by atoms with Gasteiger partial charge >= 0.3 is 6.03 Å². The fourth-order valence-corrected chi connectivity index (χ4v) is 2.68. The predicted octanol–water partition coefficient (Wildman–Crippen LogP) is 1.55. The molecule has 2 rings (SSSR count). The van der Waals surface area contributed by atoms with Crippen LogP contribution in [0.2, 0.25) is 0 Å². The molecule has 1 heterocycles. The third-order valence-corrected chi connectivity index (χ3v) is 4.06. The molecule has 0 radical (unpaired) electrons. The maximum absolute atomic E-state index is 12.1. The van der Waals surface area contributed by atoms with E-state index in [0.717, 1.165) is 24.1 Å². The minimum absolute atomic E-state index is 0.190. The van der Waals surface area contributed by atoms with Crippen LogP contribution in [-0.2, 0) is 4.79 Å². The number of carbonyl (C=O) groups excluding carboxylic acids is 2. The number of pyridine rings is 1. The maximum Gasteiger partial charge on any atom is 0.316 e. The first-order valence-corrected chi connectivity index (χ1v) is 7.24. The zero-order valence-corrected chi connectivity index (χ0v) is 12.5. The predicted molar refractivity (Wildman–Crippen MR) is 79.4 cm³/mol. The molecule has 1 aromatic rings. The molecule has 6 heteroatoms. The Hall–Kier alpha value is -2.11. The Labute approximate surface area is 124 Å². The summed E-state index contributed by atoms with van der Waals surface area (Å²) in [5.74, 6) is -0.459. The van der Waals surface area contributed by atoms with Crippen LogP contribution >= 0.6 is 0 Å². The van der Waals surface area contributed by atoms with E-state index in [2.05, 4.69) is 15.6 Å². The molecule has 0 unspecified atom stereocenters. The van der Waals surface area contributed by atoms with Crippen LogP contribution in [0.5, 0.6) is 0 Å². The lowest BCUT2D eigenvalue weighted by Crippen LogP contribution is -2.58. The van der Waals surface area contributed by atoms with E-state index in [1.54, 1.807) is 6.20 Å². The number of hydrogen-bond donors (Lipinski definition) is 3. The van der Waals surface area contributed by atoms with Gasteiger partial charge in [-0.25, -0.2) is 4.79 Å². The molecule has 0 aromatic carbocycles. The Morgan fingerprint density at radius 3 is 2.52 bits per heavy atom. The number of amides is 3. The molecule has 4 N–H and O–H groups in total. The highest BCUT2D eigenvalue weighted by atomic mass is 16.2. The zero-order valence-electron chi connectivity index (χ0n) is 12.5. The van der Waals surface area contributed by atoms with E-state index in [1.807, 2.05) is 26.0 Å². The van der Waals surface area contributed by atoms with Gasteiger partial charge in [0, 0.05) is 11.9 Å². The quantitative estimate of drug-likeness (QED) is 0.784. The van der Waals surface area contributed by atoms with E-state index in [0.29, 0.717) is 12.8 Å². The number of aryl methyl sites for hydroxylation is 1. The molecule has 6 nitrogen and oxygen atoms in total. The van der Waals surface area contributed by atoms with E-state index >= 15 is 0 Å². The van der Waals surface area contributed by atoms with Crippen molar-refractivity contribution in [1.29, 1.82) is 0 Å². The van der Waals surface area contributed by atoms with Gasteiger partial charge in [-0.2, -0.15) is 0 Å². The van der Waals surface area contributed by atoms with E-state index < -0.39 is 11.4 Å². The van der Waals surface area contributed by atoms with Crippen molar-refractivity contribution in [3.05, 3.63) is 29.6 Å². The van der Waals surface area contributed by atoms with Crippen LogP contribution in [0.1, 0.15) is 49.9 Å². The van der Waals surface area contributed by atoms with Crippen molar-refractivity contribution >= 4 is 11.9 Å². The van der Waals surface area contributed by atoms with Crippen molar-refractivity contribution in [1.82, 2.24) is 15.6 Å². The van der Waals surface area contributed by atoms with Crippen molar-refractivity contribution in [2.45, 2.75) is 51.1 Å². The molecule has 1 saturated carbocycles. The van der Waals surface area contributed by atoms with Gasteiger partial charge in [-0.15, -0.1) is 0 Å². The molecular weight excluding hydrogens is 268 g/mol. The lowest BCUT2D eigenvalue weighted by atomic mass is 9.97. The molecule has 1 aromatic heterocycles. The highest BCUT2D eigenvalue weighted by molar-refractivity contribution is 5.90. The molecule has 1 aliphatic rings. The van der Waals surface area contributed by atoms with Crippen molar-refractivity contribution in [3.63, 3.8) is 0 Å². The molecule has 114 valence electrons. The number of nitrogens with two attached hydrogens (primary N) is 1. The number of primary amides is 1. The normalized spacial score (nSPS) is 18.0. The third-order valence-electron chi connectivity index (χ3n) is 4.06. The van der Waals surface area contributed by atoms with Crippen LogP contribution < -0.4 is 16.4 Å². The maximum atomic E-state index is 12.1.